The summed E-state index contributed by atoms with van der Waals surface area (Å²) in [6, 6.07) is 0.437. The van der Waals surface area contributed by atoms with E-state index in [0.29, 0.717) is 12.0 Å². The van der Waals surface area contributed by atoms with Gasteiger partial charge in [0.25, 0.3) is 0 Å². The number of hydrogen-bond donors (Lipinski definition) is 1. The van der Waals surface area contributed by atoms with Gasteiger partial charge in [-0.3, -0.25) is 0 Å². The molecule has 7 nitrogen and oxygen atoms in total. The fourth-order valence-corrected chi connectivity index (χ4v) is 4.59. The second-order valence-corrected chi connectivity index (χ2v) is 8.36. The monoisotopic (exact) mass is 410 g/mol. The molecule has 4 heterocycles. The van der Waals surface area contributed by atoms with Crippen LogP contribution in [-0.2, 0) is 11.3 Å². The molecule has 0 spiro atoms. The number of aryl methyl sites for hydroxylation is 1. The Labute approximate surface area is 179 Å². The first kappa shape index (κ1) is 21.0. The molecule has 7 heteroatoms. The summed E-state index contributed by atoms with van der Waals surface area (Å²) in [5.74, 6) is 0.490. The average molecular weight is 411 g/mol. The molecule has 1 fully saturated rings. The molecule has 0 unspecified atom stereocenters. The summed E-state index contributed by atoms with van der Waals surface area (Å²) in [6.45, 7) is 9.05. The molecule has 30 heavy (non-hydrogen) atoms. The molecule has 1 saturated heterocycles. The first-order valence-corrected chi connectivity index (χ1v) is 11.6. The predicted octanol–water partition coefficient (Wildman–Crippen LogP) is 4.81. The van der Waals surface area contributed by atoms with Crippen molar-refractivity contribution in [3.63, 3.8) is 0 Å². The molecule has 0 saturated carbocycles. The van der Waals surface area contributed by atoms with Gasteiger partial charge < -0.3 is 10.1 Å². The van der Waals surface area contributed by atoms with Crippen LogP contribution in [0.3, 0.4) is 0 Å². The highest BCUT2D eigenvalue weighted by atomic mass is 16.5. The maximum absolute atomic E-state index is 5.52. The standard InChI is InChI=1S/C23H34N6O/c1-4-7-17(8-5-2)26-22-18(14-24-23-19(22)15-25-29(23)6-3)21-13-20(27-28-21)16-9-11-30-12-10-16/h14-17H,4-13H2,1-3H3,(H,24,26). The van der Waals surface area contributed by atoms with E-state index in [1.165, 1.54) is 5.71 Å². The van der Waals surface area contributed by atoms with Gasteiger partial charge in [0, 0.05) is 55.6 Å². The van der Waals surface area contributed by atoms with E-state index in [0.717, 1.165) is 92.7 Å². The second kappa shape index (κ2) is 9.69. The van der Waals surface area contributed by atoms with Gasteiger partial charge in [0.15, 0.2) is 5.65 Å². The average Bonchev–Trinajstić information content (AvgIpc) is 3.42. The quantitative estimate of drug-likeness (QED) is 0.644. The SMILES string of the molecule is CCCC(CCC)Nc1c(C2=NN=C(C3CCOCC3)C2)cnc2c1cnn2CC. The van der Waals surface area contributed by atoms with Gasteiger partial charge in [-0.15, -0.1) is 0 Å². The minimum atomic E-state index is 0.437. The second-order valence-electron chi connectivity index (χ2n) is 8.36. The number of rotatable bonds is 9. The Kier molecular flexibility index (Phi) is 6.77. The summed E-state index contributed by atoms with van der Waals surface area (Å²) in [7, 11) is 0. The number of nitrogens with zero attached hydrogens (tertiary/aromatic N) is 5. The number of nitrogens with one attached hydrogen (secondary N) is 1. The number of ether oxygens (including phenoxy) is 1. The molecule has 0 atom stereocenters. The van der Waals surface area contributed by atoms with Crippen LogP contribution in [0.15, 0.2) is 22.6 Å². The summed E-state index contributed by atoms with van der Waals surface area (Å²) in [5.41, 5.74) is 5.33. The molecule has 2 aliphatic heterocycles. The maximum atomic E-state index is 5.52. The Morgan fingerprint density at radius 3 is 2.57 bits per heavy atom. The highest BCUT2D eigenvalue weighted by Gasteiger charge is 2.27. The van der Waals surface area contributed by atoms with Gasteiger partial charge >= 0.3 is 0 Å². The van der Waals surface area contributed by atoms with Crippen LogP contribution in [0.5, 0.6) is 0 Å². The van der Waals surface area contributed by atoms with Crippen molar-refractivity contribution in [2.24, 2.45) is 16.1 Å². The smallest absolute Gasteiger partial charge is 0.159 e. The van der Waals surface area contributed by atoms with Crippen LogP contribution in [0.25, 0.3) is 11.0 Å². The van der Waals surface area contributed by atoms with Gasteiger partial charge in [-0.1, -0.05) is 26.7 Å². The van der Waals surface area contributed by atoms with E-state index in [9.17, 15) is 0 Å². The fraction of sp³-hybridized carbons (Fsp3) is 0.652. The summed E-state index contributed by atoms with van der Waals surface area (Å²) in [4.78, 5) is 4.76. The van der Waals surface area contributed by atoms with Crippen LogP contribution in [0.4, 0.5) is 5.69 Å². The van der Waals surface area contributed by atoms with Crippen LogP contribution < -0.4 is 5.32 Å². The van der Waals surface area contributed by atoms with Crippen molar-refractivity contribution in [2.45, 2.75) is 78.3 Å². The Morgan fingerprint density at radius 2 is 1.87 bits per heavy atom. The van der Waals surface area contributed by atoms with E-state index < -0.39 is 0 Å². The molecule has 2 aliphatic rings. The van der Waals surface area contributed by atoms with Gasteiger partial charge in [-0.25, -0.2) is 9.67 Å². The molecule has 4 rings (SSSR count). The van der Waals surface area contributed by atoms with Crippen molar-refractivity contribution in [3.05, 3.63) is 18.0 Å². The van der Waals surface area contributed by atoms with Crippen LogP contribution in [0.1, 0.15) is 71.3 Å². The van der Waals surface area contributed by atoms with Crippen LogP contribution in [-0.4, -0.2) is 45.4 Å². The largest absolute Gasteiger partial charge is 0.381 e. The zero-order chi connectivity index (χ0) is 20.9. The van der Waals surface area contributed by atoms with Crippen molar-refractivity contribution < 1.29 is 4.74 Å². The third kappa shape index (κ3) is 4.26. The number of aromatic nitrogens is 3. The fourth-order valence-electron chi connectivity index (χ4n) is 4.59. The van der Waals surface area contributed by atoms with E-state index >= 15 is 0 Å². The molecule has 0 aromatic carbocycles. The first-order valence-electron chi connectivity index (χ1n) is 11.6. The number of fused-ring (bicyclic) bond motifs is 1. The number of hydrogen-bond acceptors (Lipinski definition) is 6. The van der Waals surface area contributed by atoms with Crippen molar-refractivity contribution >= 4 is 28.1 Å². The lowest BCUT2D eigenvalue weighted by Crippen LogP contribution is -2.24. The molecule has 0 aliphatic carbocycles. The molecule has 1 N–H and O–H groups in total. The Morgan fingerprint density at radius 1 is 1.10 bits per heavy atom. The topological polar surface area (TPSA) is 76.7 Å². The van der Waals surface area contributed by atoms with Gasteiger partial charge in [-0.05, 0) is 32.6 Å². The molecule has 0 radical (unpaired) electrons. The minimum absolute atomic E-state index is 0.437. The lowest BCUT2D eigenvalue weighted by molar-refractivity contribution is 0.0826. The number of anilines is 1. The van der Waals surface area contributed by atoms with Crippen LogP contribution in [0, 0.1) is 5.92 Å². The molecule has 0 amide bonds. The number of pyridine rings is 1. The Bertz CT molecular complexity index is 919. The van der Waals surface area contributed by atoms with Gasteiger partial charge in [-0.2, -0.15) is 15.3 Å². The maximum Gasteiger partial charge on any atom is 0.159 e. The third-order valence-corrected chi connectivity index (χ3v) is 6.24. The van der Waals surface area contributed by atoms with Gasteiger partial charge in [0.1, 0.15) is 0 Å². The highest BCUT2D eigenvalue weighted by molar-refractivity contribution is 6.19. The van der Waals surface area contributed by atoms with Crippen molar-refractivity contribution in [3.8, 4) is 0 Å². The van der Waals surface area contributed by atoms with Gasteiger partial charge in [0.2, 0.25) is 0 Å². The zero-order valence-corrected chi connectivity index (χ0v) is 18.5. The van der Waals surface area contributed by atoms with Crippen molar-refractivity contribution in [1.29, 1.82) is 0 Å². The van der Waals surface area contributed by atoms with E-state index in [1.807, 2.05) is 17.1 Å². The Hall–Kier alpha value is -2.28. The summed E-state index contributed by atoms with van der Waals surface area (Å²) in [6.07, 6.45) is 11.4. The molecular weight excluding hydrogens is 376 g/mol. The van der Waals surface area contributed by atoms with Gasteiger partial charge in [0.05, 0.1) is 23.0 Å². The van der Waals surface area contributed by atoms with E-state index in [1.54, 1.807) is 0 Å². The van der Waals surface area contributed by atoms with E-state index in [2.05, 4.69) is 41.4 Å². The first-order chi connectivity index (χ1) is 14.7. The van der Waals surface area contributed by atoms with Crippen LogP contribution >= 0.6 is 0 Å². The zero-order valence-electron chi connectivity index (χ0n) is 18.5. The molecule has 2 aromatic rings. The summed E-state index contributed by atoms with van der Waals surface area (Å²) < 4.78 is 7.48. The molecule has 162 valence electrons. The summed E-state index contributed by atoms with van der Waals surface area (Å²) in [5, 5.41) is 18.7. The van der Waals surface area contributed by atoms with Crippen molar-refractivity contribution in [2.75, 3.05) is 18.5 Å². The highest BCUT2D eigenvalue weighted by Crippen LogP contribution is 2.32. The van der Waals surface area contributed by atoms with Crippen molar-refractivity contribution in [1.82, 2.24) is 14.8 Å². The summed E-state index contributed by atoms with van der Waals surface area (Å²) >= 11 is 0. The lowest BCUT2D eigenvalue weighted by Gasteiger charge is -2.23. The predicted molar refractivity (Wildman–Crippen MR) is 123 cm³/mol. The van der Waals surface area contributed by atoms with Crippen LogP contribution in [0.2, 0.25) is 0 Å². The molecular formula is C23H34N6O. The molecule has 0 bridgehead atoms. The minimum Gasteiger partial charge on any atom is -0.381 e. The van der Waals surface area contributed by atoms with E-state index in [-0.39, 0.29) is 0 Å². The van der Waals surface area contributed by atoms with E-state index in [4.69, 9.17) is 9.72 Å². The Balaban J connectivity index is 1.65. The lowest BCUT2D eigenvalue weighted by atomic mass is 9.90. The third-order valence-electron chi connectivity index (χ3n) is 6.24. The molecule has 2 aromatic heterocycles. The normalized spacial score (nSPS) is 17.6.